The average Bonchev–Trinajstić information content (AvgIpc) is 2.96. The second kappa shape index (κ2) is 12.6. The molecule has 2 heterocycles. The van der Waals surface area contributed by atoms with Crippen LogP contribution < -0.4 is 5.32 Å². The van der Waals surface area contributed by atoms with Gasteiger partial charge in [-0.05, 0) is 90.4 Å². The smallest absolute Gasteiger partial charge is 0.410 e. The predicted octanol–water partition coefficient (Wildman–Crippen LogP) is 6.19. The molecule has 1 aliphatic rings. The number of nitrogens with one attached hydrogen (secondary N) is 1. The van der Waals surface area contributed by atoms with Crippen LogP contribution in [0, 0.1) is 0 Å². The summed E-state index contributed by atoms with van der Waals surface area (Å²) in [6.07, 6.45) is 2.07. The Bertz CT molecular complexity index is 1080. The summed E-state index contributed by atoms with van der Waals surface area (Å²) in [5.74, 6) is 0.696. The number of nitrogens with zero attached hydrogens (tertiary/aromatic N) is 3. The minimum Gasteiger partial charge on any atom is -0.444 e. The van der Waals surface area contributed by atoms with Crippen molar-refractivity contribution in [2.75, 3.05) is 31.9 Å². The van der Waals surface area contributed by atoms with Gasteiger partial charge in [0.15, 0.2) is 0 Å². The van der Waals surface area contributed by atoms with Gasteiger partial charge in [0.1, 0.15) is 16.2 Å². The number of carbonyl (C=O) groups is 2. The van der Waals surface area contributed by atoms with Crippen molar-refractivity contribution in [2.24, 2.45) is 0 Å². The molecule has 3 rings (SSSR count). The summed E-state index contributed by atoms with van der Waals surface area (Å²) in [6.45, 7) is 16.0. The second-order valence-corrected chi connectivity index (χ2v) is 13.3. The number of carbonyl (C=O) groups excluding carboxylic acids is 2. The van der Waals surface area contributed by atoms with E-state index in [0.717, 1.165) is 33.7 Å². The molecule has 2 amide bonds. The van der Waals surface area contributed by atoms with Gasteiger partial charge in [-0.1, -0.05) is 6.07 Å². The summed E-state index contributed by atoms with van der Waals surface area (Å²) >= 11 is 3.34. The summed E-state index contributed by atoms with van der Waals surface area (Å²) in [7, 11) is 0. The Labute approximate surface area is 229 Å². The lowest BCUT2D eigenvalue weighted by Crippen LogP contribution is -2.38. The Hall–Kier alpha value is -2.17. The first-order valence-electron chi connectivity index (χ1n) is 12.7. The van der Waals surface area contributed by atoms with Gasteiger partial charge in [0, 0.05) is 54.5 Å². The summed E-state index contributed by atoms with van der Waals surface area (Å²) < 4.78 is 13.2. The van der Waals surface area contributed by atoms with E-state index < -0.39 is 17.3 Å². The maximum atomic E-state index is 12.5. The highest BCUT2D eigenvalue weighted by atomic mass is 32.2. The van der Waals surface area contributed by atoms with E-state index >= 15 is 0 Å². The molecule has 0 spiro atoms. The van der Waals surface area contributed by atoms with Gasteiger partial charge in [0.2, 0.25) is 0 Å². The Balaban J connectivity index is 1.58. The molecule has 1 atom stereocenters. The highest BCUT2D eigenvalue weighted by Gasteiger charge is 2.27. The lowest BCUT2D eigenvalue weighted by atomic mass is 10.2. The maximum absolute atomic E-state index is 12.5. The fourth-order valence-electron chi connectivity index (χ4n) is 3.73. The molecule has 2 aromatic rings. The van der Waals surface area contributed by atoms with Crippen LogP contribution >= 0.6 is 23.7 Å². The molecule has 1 aromatic carbocycles. The zero-order valence-electron chi connectivity index (χ0n) is 23.0. The van der Waals surface area contributed by atoms with Gasteiger partial charge in [0.25, 0.3) is 0 Å². The van der Waals surface area contributed by atoms with E-state index in [1.54, 1.807) is 23.7 Å². The standard InChI is InChI=1S/C27H40N4O4S2/c1-19-11-14-30(25(33)35-27(5,6)7)15-16-31(19)37-21-8-9-22-20(18-21)10-12-28-23(22)36-17-13-29-24(32)34-26(2,3)4/h8-10,12,18-19H,11,13-17H2,1-7H3,(H,29,32)/t19-/m1/s1. The molecule has 1 aromatic heterocycles. The summed E-state index contributed by atoms with van der Waals surface area (Å²) in [6, 6.07) is 8.78. The van der Waals surface area contributed by atoms with E-state index in [2.05, 4.69) is 39.7 Å². The van der Waals surface area contributed by atoms with Crippen LogP contribution in [0.2, 0.25) is 0 Å². The molecule has 10 heteroatoms. The Kier molecular flexibility index (Phi) is 9.99. The van der Waals surface area contributed by atoms with Gasteiger partial charge in [-0.25, -0.2) is 18.9 Å². The van der Waals surface area contributed by atoms with E-state index in [0.29, 0.717) is 31.4 Å². The molecule has 8 nitrogen and oxygen atoms in total. The number of ether oxygens (including phenoxy) is 2. The average molecular weight is 549 g/mol. The third kappa shape index (κ3) is 9.57. The van der Waals surface area contributed by atoms with Crippen LogP contribution in [0.25, 0.3) is 10.8 Å². The zero-order chi connectivity index (χ0) is 27.2. The number of aromatic nitrogens is 1. The van der Waals surface area contributed by atoms with Crippen molar-refractivity contribution in [3.8, 4) is 0 Å². The molecular weight excluding hydrogens is 508 g/mol. The highest BCUT2D eigenvalue weighted by molar-refractivity contribution is 7.99. The lowest BCUT2D eigenvalue weighted by Gasteiger charge is -2.26. The van der Waals surface area contributed by atoms with Crippen molar-refractivity contribution in [1.29, 1.82) is 0 Å². The van der Waals surface area contributed by atoms with Gasteiger partial charge < -0.3 is 19.7 Å². The summed E-state index contributed by atoms with van der Waals surface area (Å²) in [4.78, 5) is 31.9. The molecule has 0 unspecified atom stereocenters. The number of thioether (sulfide) groups is 1. The van der Waals surface area contributed by atoms with E-state index in [1.807, 2.05) is 58.7 Å². The van der Waals surface area contributed by atoms with E-state index in [1.165, 1.54) is 0 Å². The first kappa shape index (κ1) is 29.4. The summed E-state index contributed by atoms with van der Waals surface area (Å²) in [5.41, 5.74) is -0.998. The van der Waals surface area contributed by atoms with Crippen LogP contribution in [0.1, 0.15) is 54.9 Å². The number of fused-ring (bicyclic) bond motifs is 1. The minimum absolute atomic E-state index is 0.240. The number of benzene rings is 1. The number of hydrogen-bond acceptors (Lipinski definition) is 8. The van der Waals surface area contributed by atoms with Crippen LogP contribution in [-0.4, -0.2) is 75.6 Å². The van der Waals surface area contributed by atoms with Crippen molar-refractivity contribution in [3.05, 3.63) is 30.5 Å². The molecule has 37 heavy (non-hydrogen) atoms. The number of pyridine rings is 1. The molecule has 1 N–H and O–H groups in total. The molecule has 0 bridgehead atoms. The van der Waals surface area contributed by atoms with E-state index in [-0.39, 0.29) is 6.09 Å². The van der Waals surface area contributed by atoms with Crippen LogP contribution in [-0.2, 0) is 9.47 Å². The van der Waals surface area contributed by atoms with Crippen molar-refractivity contribution in [1.82, 2.24) is 19.5 Å². The fraction of sp³-hybridized carbons (Fsp3) is 0.593. The first-order chi connectivity index (χ1) is 17.3. The van der Waals surface area contributed by atoms with Crippen LogP contribution in [0.3, 0.4) is 0 Å². The Morgan fingerprint density at radius 1 is 1.05 bits per heavy atom. The SMILES string of the molecule is C[C@@H]1CCN(C(=O)OC(C)(C)C)CCN1Sc1ccc2c(SCCNC(=O)OC(C)(C)C)nccc2c1. The molecule has 0 aliphatic carbocycles. The quantitative estimate of drug-likeness (QED) is 0.260. The molecule has 1 saturated heterocycles. The van der Waals surface area contributed by atoms with Gasteiger partial charge in [-0.2, -0.15) is 0 Å². The molecule has 0 saturated carbocycles. The number of rotatable bonds is 6. The largest absolute Gasteiger partial charge is 0.444 e. The first-order valence-corrected chi connectivity index (χ1v) is 14.5. The van der Waals surface area contributed by atoms with Crippen LogP contribution in [0.5, 0.6) is 0 Å². The van der Waals surface area contributed by atoms with Crippen molar-refractivity contribution >= 4 is 46.7 Å². The van der Waals surface area contributed by atoms with Crippen LogP contribution in [0.15, 0.2) is 40.4 Å². The second-order valence-electron chi connectivity index (χ2n) is 11.1. The third-order valence-electron chi connectivity index (χ3n) is 5.48. The van der Waals surface area contributed by atoms with Gasteiger partial charge in [-0.15, -0.1) is 11.8 Å². The number of hydrogen-bond donors (Lipinski definition) is 1. The van der Waals surface area contributed by atoms with Gasteiger partial charge in [-0.3, -0.25) is 0 Å². The fourth-order valence-corrected chi connectivity index (χ4v) is 5.65. The normalized spacial score (nSPS) is 17.4. The predicted molar refractivity (Wildman–Crippen MR) is 151 cm³/mol. The van der Waals surface area contributed by atoms with Gasteiger partial charge >= 0.3 is 12.2 Å². The minimum atomic E-state index is -0.507. The zero-order valence-corrected chi connectivity index (χ0v) is 24.6. The maximum Gasteiger partial charge on any atom is 0.410 e. The number of alkyl carbamates (subject to hydrolysis) is 1. The Morgan fingerprint density at radius 3 is 2.49 bits per heavy atom. The van der Waals surface area contributed by atoms with Crippen molar-refractivity contribution < 1.29 is 19.1 Å². The Morgan fingerprint density at radius 2 is 1.78 bits per heavy atom. The monoisotopic (exact) mass is 548 g/mol. The third-order valence-corrected chi connectivity index (χ3v) is 7.73. The van der Waals surface area contributed by atoms with Gasteiger partial charge in [0.05, 0.1) is 0 Å². The lowest BCUT2D eigenvalue weighted by molar-refractivity contribution is 0.0260. The molecule has 204 valence electrons. The topological polar surface area (TPSA) is 84.0 Å². The number of amides is 2. The highest BCUT2D eigenvalue weighted by Crippen LogP contribution is 2.32. The van der Waals surface area contributed by atoms with E-state index in [4.69, 9.17) is 9.47 Å². The molecule has 1 fully saturated rings. The molecule has 1 aliphatic heterocycles. The molecular formula is C27H40N4O4S2. The van der Waals surface area contributed by atoms with Crippen molar-refractivity contribution in [3.63, 3.8) is 0 Å². The van der Waals surface area contributed by atoms with E-state index in [9.17, 15) is 9.59 Å². The van der Waals surface area contributed by atoms with Crippen LogP contribution in [0.4, 0.5) is 9.59 Å². The summed E-state index contributed by atoms with van der Waals surface area (Å²) in [5, 5.41) is 5.95. The molecule has 0 radical (unpaired) electrons. The van der Waals surface area contributed by atoms with Crippen molar-refractivity contribution in [2.45, 2.75) is 82.1 Å².